The van der Waals surface area contributed by atoms with Gasteiger partial charge in [-0.1, -0.05) is 26.2 Å². The molecule has 3 nitrogen and oxygen atoms in total. The lowest BCUT2D eigenvalue weighted by atomic mass is 9.90. The number of nitrogens with zero attached hydrogens (tertiary/aromatic N) is 1. The monoisotopic (exact) mass is 253 g/mol. The molecule has 0 spiro atoms. The highest BCUT2D eigenvalue weighted by Crippen LogP contribution is 2.35. The summed E-state index contributed by atoms with van der Waals surface area (Å²) in [6, 6.07) is 0.641. The predicted molar refractivity (Wildman–Crippen MR) is 72.6 cm³/mol. The molecule has 0 aromatic carbocycles. The van der Waals surface area contributed by atoms with Gasteiger partial charge in [0, 0.05) is 12.6 Å². The summed E-state index contributed by atoms with van der Waals surface area (Å²) in [5.74, 6) is 0.286. The van der Waals surface area contributed by atoms with Gasteiger partial charge in [-0.15, -0.1) is 0 Å². The van der Waals surface area contributed by atoms with Crippen molar-refractivity contribution in [3.63, 3.8) is 0 Å². The molecule has 2 aliphatic rings. The summed E-state index contributed by atoms with van der Waals surface area (Å²) in [5.41, 5.74) is -0.504. The molecule has 3 atom stereocenters. The Bertz CT molecular complexity index is 305. The number of likely N-dealkylation sites (tertiary alicyclic amines) is 1. The summed E-state index contributed by atoms with van der Waals surface area (Å²) in [6.07, 6.45) is 8.69. The van der Waals surface area contributed by atoms with Crippen LogP contribution < -0.4 is 0 Å². The molecule has 18 heavy (non-hydrogen) atoms. The second-order valence-corrected chi connectivity index (χ2v) is 6.52. The lowest BCUT2D eigenvalue weighted by Crippen LogP contribution is -2.37. The topological polar surface area (TPSA) is 40.5 Å². The second-order valence-electron chi connectivity index (χ2n) is 6.52. The van der Waals surface area contributed by atoms with Crippen molar-refractivity contribution in [2.24, 2.45) is 11.3 Å². The van der Waals surface area contributed by atoms with Gasteiger partial charge in [0.2, 0.25) is 0 Å². The Labute approximate surface area is 111 Å². The molecule has 0 aromatic heterocycles. The first-order chi connectivity index (χ1) is 8.55. The Morgan fingerprint density at radius 3 is 2.72 bits per heavy atom. The number of rotatable bonds is 3. The molecule has 0 radical (unpaired) electrons. The van der Waals surface area contributed by atoms with Crippen LogP contribution in [0, 0.1) is 11.3 Å². The van der Waals surface area contributed by atoms with Gasteiger partial charge < -0.3 is 5.11 Å². The van der Waals surface area contributed by atoms with E-state index in [2.05, 4.69) is 11.8 Å². The zero-order valence-electron chi connectivity index (χ0n) is 11.8. The summed E-state index contributed by atoms with van der Waals surface area (Å²) in [7, 11) is 0. The molecule has 1 N–H and O–H groups in total. The van der Waals surface area contributed by atoms with Crippen molar-refractivity contribution < 1.29 is 9.90 Å². The van der Waals surface area contributed by atoms with E-state index in [-0.39, 0.29) is 0 Å². The first kappa shape index (κ1) is 13.9. The molecule has 3 unspecified atom stereocenters. The molecule has 1 saturated heterocycles. The van der Waals surface area contributed by atoms with Crippen molar-refractivity contribution in [3.8, 4) is 0 Å². The normalized spacial score (nSPS) is 38.6. The van der Waals surface area contributed by atoms with E-state index < -0.39 is 11.4 Å². The van der Waals surface area contributed by atoms with Gasteiger partial charge in [0.15, 0.2) is 0 Å². The van der Waals surface area contributed by atoms with Gasteiger partial charge in [-0.05, 0) is 45.1 Å². The van der Waals surface area contributed by atoms with E-state index in [4.69, 9.17) is 0 Å². The summed E-state index contributed by atoms with van der Waals surface area (Å²) in [6.45, 7) is 5.93. The van der Waals surface area contributed by atoms with Crippen molar-refractivity contribution >= 4 is 5.97 Å². The average molecular weight is 253 g/mol. The van der Waals surface area contributed by atoms with E-state index in [0.717, 1.165) is 25.4 Å². The highest BCUT2D eigenvalue weighted by Gasteiger charge is 2.42. The van der Waals surface area contributed by atoms with Crippen molar-refractivity contribution in [1.82, 2.24) is 4.90 Å². The quantitative estimate of drug-likeness (QED) is 0.786. The van der Waals surface area contributed by atoms with Crippen LogP contribution in [0.3, 0.4) is 0 Å². The molecule has 0 amide bonds. The minimum Gasteiger partial charge on any atom is -0.481 e. The third-order valence-corrected chi connectivity index (χ3v) is 5.17. The molecule has 2 rings (SSSR count). The third kappa shape index (κ3) is 2.87. The Morgan fingerprint density at radius 2 is 2.11 bits per heavy atom. The zero-order valence-corrected chi connectivity index (χ0v) is 11.8. The highest BCUT2D eigenvalue weighted by atomic mass is 16.4. The van der Waals surface area contributed by atoms with Gasteiger partial charge in [0.05, 0.1) is 5.41 Å². The van der Waals surface area contributed by atoms with Gasteiger partial charge in [-0.2, -0.15) is 0 Å². The smallest absolute Gasteiger partial charge is 0.310 e. The number of hydrogen-bond acceptors (Lipinski definition) is 2. The molecule has 1 aliphatic carbocycles. The second kappa shape index (κ2) is 5.60. The molecule has 0 aromatic rings. The maximum Gasteiger partial charge on any atom is 0.310 e. The van der Waals surface area contributed by atoms with Gasteiger partial charge in [-0.3, -0.25) is 9.69 Å². The SMILES string of the molecule is CCC1CCCC(N2CCC(C)(C(=O)O)C2)CC1. The largest absolute Gasteiger partial charge is 0.481 e. The summed E-state index contributed by atoms with van der Waals surface area (Å²) >= 11 is 0. The van der Waals surface area contributed by atoms with E-state index in [1.807, 2.05) is 6.92 Å². The zero-order chi connectivity index (χ0) is 13.2. The summed E-state index contributed by atoms with van der Waals surface area (Å²) < 4.78 is 0. The third-order valence-electron chi connectivity index (χ3n) is 5.17. The van der Waals surface area contributed by atoms with E-state index in [1.165, 1.54) is 38.5 Å². The Balaban J connectivity index is 1.91. The van der Waals surface area contributed by atoms with Crippen LogP contribution in [-0.4, -0.2) is 35.1 Å². The van der Waals surface area contributed by atoms with Crippen LogP contribution in [0.25, 0.3) is 0 Å². The van der Waals surface area contributed by atoms with Crippen LogP contribution in [-0.2, 0) is 4.79 Å². The Kier molecular flexibility index (Phi) is 4.31. The number of aliphatic carboxylic acids is 1. The van der Waals surface area contributed by atoms with Crippen molar-refractivity contribution in [2.75, 3.05) is 13.1 Å². The molecule has 2 fully saturated rings. The first-order valence-electron chi connectivity index (χ1n) is 7.52. The average Bonchev–Trinajstić information content (AvgIpc) is 2.62. The lowest BCUT2D eigenvalue weighted by molar-refractivity contribution is -0.147. The summed E-state index contributed by atoms with van der Waals surface area (Å²) in [5, 5.41) is 9.30. The molecule has 1 heterocycles. The number of carboxylic acid groups (broad SMARTS) is 1. The van der Waals surface area contributed by atoms with E-state index in [9.17, 15) is 9.90 Å². The Morgan fingerprint density at radius 1 is 1.33 bits per heavy atom. The van der Waals surface area contributed by atoms with Crippen LogP contribution in [0.2, 0.25) is 0 Å². The van der Waals surface area contributed by atoms with Crippen LogP contribution in [0.1, 0.15) is 58.8 Å². The number of carbonyl (C=O) groups is 1. The fraction of sp³-hybridized carbons (Fsp3) is 0.933. The van der Waals surface area contributed by atoms with Crippen LogP contribution >= 0.6 is 0 Å². The fourth-order valence-electron chi connectivity index (χ4n) is 3.62. The van der Waals surface area contributed by atoms with E-state index >= 15 is 0 Å². The van der Waals surface area contributed by atoms with Crippen LogP contribution in [0.15, 0.2) is 0 Å². The van der Waals surface area contributed by atoms with Crippen molar-refractivity contribution in [1.29, 1.82) is 0 Å². The van der Waals surface area contributed by atoms with Crippen LogP contribution in [0.4, 0.5) is 0 Å². The molecule has 104 valence electrons. The fourth-order valence-corrected chi connectivity index (χ4v) is 3.62. The number of carboxylic acids is 1. The highest BCUT2D eigenvalue weighted by molar-refractivity contribution is 5.74. The summed E-state index contributed by atoms with van der Waals surface area (Å²) in [4.78, 5) is 13.7. The van der Waals surface area contributed by atoms with Gasteiger partial charge in [0.1, 0.15) is 0 Å². The van der Waals surface area contributed by atoms with Gasteiger partial charge in [0.25, 0.3) is 0 Å². The number of hydrogen-bond donors (Lipinski definition) is 1. The van der Waals surface area contributed by atoms with Crippen molar-refractivity contribution in [2.45, 2.75) is 64.8 Å². The first-order valence-corrected chi connectivity index (χ1v) is 7.52. The van der Waals surface area contributed by atoms with Crippen molar-refractivity contribution in [3.05, 3.63) is 0 Å². The lowest BCUT2D eigenvalue weighted by Gasteiger charge is -2.28. The van der Waals surface area contributed by atoms with Crippen LogP contribution in [0.5, 0.6) is 0 Å². The minimum atomic E-state index is -0.620. The predicted octanol–water partition coefficient (Wildman–Crippen LogP) is 3.14. The van der Waals surface area contributed by atoms with Gasteiger partial charge >= 0.3 is 5.97 Å². The van der Waals surface area contributed by atoms with E-state index in [1.54, 1.807) is 0 Å². The van der Waals surface area contributed by atoms with E-state index in [0.29, 0.717) is 6.04 Å². The minimum absolute atomic E-state index is 0.504. The maximum absolute atomic E-state index is 11.3. The molecular weight excluding hydrogens is 226 g/mol. The molecule has 3 heteroatoms. The van der Waals surface area contributed by atoms with Gasteiger partial charge in [-0.25, -0.2) is 0 Å². The Hall–Kier alpha value is -0.570. The maximum atomic E-state index is 11.3. The molecule has 1 saturated carbocycles. The molecule has 0 bridgehead atoms. The molecule has 1 aliphatic heterocycles. The molecular formula is C15H27NO2. The standard InChI is InChI=1S/C15H27NO2/c1-3-12-5-4-6-13(8-7-12)16-10-9-15(2,11-16)14(17)18/h12-13H,3-11H2,1-2H3,(H,17,18).